The molecule has 0 heterocycles. The molecule has 0 aliphatic heterocycles. The zero-order valence-electron chi connectivity index (χ0n) is 9.94. The second kappa shape index (κ2) is 5.41. The van der Waals surface area contributed by atoms with E-state index in [0.717, 1.165) is 11.1 Å². The number of hydrogen-bond donors (Lipinski definition) is 2. The second-order valence-corrected chi connectivity index (χ2v) is 4.58. The Morgan fingerprint density at radius 1 is 1.25 bits per heavy atom. The van der Waals surface area contributed by atoms with Crippen molar-refractivity contribution in [2.75, 3.05) is 6.61 Å². The van der Waals surface area contributed by atoms with Crippen LogP contribution in [0.2, 0.25) is 0 Å². The molecule has 16 heavy (non-hydrogen) atoms. The van der Waals surface area contributed by atoms with Crippen molar-refractivity contribution >= 4 is 0 Å². The van der Waals surface area contributed by atoms with Crippen LogP contribution in [0.25, 0.3) is 0 Å². The number of aliphatic hydroxyl groups is 2. The van der Waals surface area contributed by atoms with E-state index in [-0.39, 0.29) is 24.3 Å². The lowest BCUT2D eigenvalue weighted by atomic mass is 9.83. The summed E-state index contributed by atoms with van der Waals surface area (Å²) >= 11 is 0. The molecule has 90 valence electrons. The van der Waals surface area contributed by atoms with Crippen molar-refractivity contribution in [2.45, 2.75) is 32.8 Å². The van der Waals surface area contributed by atoms with E-state index in [0.29, 0.717) is 0 Å². The third kappa shape index (κ3) is 3.03. The minimum atomic E-state index is -0.846. The lowest BCUT2D eigenvalue weighted by Gasteiger charge is -2.26. The molecule has 0 aromatic heterocycles. The van der Waals surface area contributed by atoms with Crippen LogP contribution in [-0.2, 0) is 0 Å². The van der Waals surface area contributed by atoms with Crippen LogP contribution in [0.4, 0.5) is 4.39 Å². The van der Waals surface area contributed by atoms with Crippen molar-refractivity contribution in [1.29, 1.82) is 0 Å². The number of benzene rings is 1. The highest BCUT2D eigenvalue weighted by molar-refractivity contribution is 5.28. The van der Waals surface area contributed by atoms with Crippen LogP contribution >= 0.6 is 0 Å². The van der Waals surface area contributed by atoms with Gasteiger partial charge in [-0.3, -0.25) is 0 Å². The molecule has 0 amide bonds. The van der Waals surface area contributed by atoms with Gasteiger partial charge in [-0.05, 0) is 36.1 Å². The highest BCUT2D eigenvalue weighted by Crippen LogP contribution is 2.29. The van der Waals surface area contributed by atoms with Crippen LogP contribution in [0.15, 0.2) is 18.2 Å². The van der Waals surface area contributed by atoms with E-state index >= 15 is 0 Å². The zero-order valence-corrected chi connectivity index (χ0v) is 9.94. The predicted octanol–water partition coefficient (Wildman–Crippen LogP) is 2.23. The second-order valence-electron chi connectivity index (χ2n) is 4.58. The van der Waals surface area contributed by atoms with Gasteiger partial charge in [-0.15, -0.1) is 0 Å². The lowest BCUT2D eigenvalue weighted by Crippen LogP contribution is -2.26. The van der Waals surface area contributed by atoms with Gasteiger partial charge in [0.15, 0.2) is 0 Å². The minimum Gasteiger partial charge on any atom is -0.394 e. The summed E-state index contributed by atoms with van der Waals surface area (Å²) in [4.78, 5) is 0. The summed E-state index contributed by atoms with van der Waals surface area (Å²) in [5.74, 6) is -0.395. The fourth-order valence-electron chi connectivity index (χ4n) is 2.12. The lowest BCUT2D eigenvalue weighted by molar-refractivity contribution is 0.0590. The van der Waals surface area contributed by atoms with Crippen LogP contribution in [0, 0.1) is 18.7 Å². The number of aliphatic hydroxyl groups excluding tert-OH is 2. The maximum Gasteiger partial charge on any atom is 0.123 e. The van der Waals surface area contributed by atoms with Gasteiger partial charge in [-0.2, -0.15) is 0 Å². The van der Waals surface area contributed by atoms with Crippen molar-refractivity contribution in [1.82, 2.24) is 0 Å². The Bertz CT molecular complexity index is 330. The Labute approximate surface area is 95.7 Å². The van der Waals surface area contributed by atoms with Crippen LogP contribution in [-0.4, -0.2) is 22.9 Å². The van der Waals surface area contributed by atoms with Crippen LogP contribution < -0.4 is 0 Å². The molecule has 0 spiro atoms. The molecule has 2 atom stereocenters. The summed E-state index contributed by atoms with van der Waals surface area (Å²) in [6.07, 6.45) is -0.846. The third-order valence-corrected chi connectivity index (χ3v) is 2.77. The first-order chi connectivity index (χ1) is 7.45. The van der Waals surface area contributed by atoms with E-state index in [9.17, 15) is 9.50 Å². The Hall–Kier alpha value is -0.930. The van der Waals surface area contributed by atoms with Gasteiger partial charge in [-0.1, -0.05) is 19.9 Å². The number of rotatable bonds is 4. The third-order valence-electron chi connectivity index (χ3n) is 2.77. The molecular weight excluding hydrogens is 207 g/mol. The number of hydrogen-bond acceptors (Lipinski definition) is 2. The molecule has 3 heteroatoms. The predicted molar refractivity (Wildman–Crippen MR) is 61.8 cm³/mol. The van der Waals surface area contributed by atoms with Crippen molar-refractivity contribution in [3.8, 4) is 0 Å². The first-order valence-electron chi connectivity index (χ1n) is 5.51. The minimum absolute atomic E-state index is 0.142. The molecule has 2 unspecified atom stereocenters. The normalized spacial score (nSPS) is 15.2. The Kier molecular flexibility index (Phi) is 4.44. The van der Waals surface area contributed by atoms with E-state index in [4.69, 9.17) is 5.11 Å². The number of halogens is 1. The fraction of sp³-hybridized carbons (Fsp3) is 0.538. The summed E-state index contributed by atoms with van der Waals surface area (Å²) in [7, 11) is 0. The van der Waals surface area contributed by atoms with Crippen LogP contribution in [0.5, 0.6) is 0 Å². The Balaban J connectivity index is 3.10. The molecule has 2 nitrogen and oxygen atoms in total. The van der Waals surface area contributed by atoms with Gasteiger partial charge in [-0.25, -0.2) is 4.39 Å². The van der Waals surface area contributed by atoms with E-state index in [1.54, 1.807) is 0 Å². The van der Waals surface area contributed by atoms with Gasteiger partial charge in [0.2, 0.25) is 0 Å². The van der Waals surface area contributed by atoms with Crippen molar-refractivity contribution in [3.63, 3.8) is 0 Å². The molecular formula is C13H19FO2. The first kappa shape index (κ1) is 13.1. The summed E-state index contributed by atoms with van der Waals surface area (Å²) in [5, 5.41) is 18.8. The van der Waals surface area contributed by atoms with E-state index < -0.39 is 6.10 Å². The standard InChI is InChI=1S/C13H19FO2/c1-8(2)13(12(16)7-15)10-4-9(3)5-11(14)6-10/h4-6,8,12-13,15-16H,7H2,1-3H3. The molecule has 0 aliphatic carbocycles. The zero-order chi connectivity index (χ0) is 12.3. The van der Waals surface area contributed by atoms with Crippen LogP contribution in [0.3, 0.4) is 0 Å². The van der Waals surface area contributed by atoms with Crippen LogP contribution in [0.1, 0.15) is 30.9 Å². The molecule has 0 fully saturated rings. The molecule has 0 bridgehead atoms. The quantitative estimate of drug-likeness (QED) is 0.826. The fourth-order valence-corrected chi connectivity index (χ4v) is 2.12. The maximum atomic E-state index is 13.3. The van der Waals surface area contributed by atoms with Gasteiger partial charge in [0.25, 0.3) is 0 Å². The summed E-state index contributed by atoms with van der Waals surface area (Å²) in [6, 6.07) is 4.73. The first-order valence-corrected chi connectivity index (χ1v) is 5.51. The van der Waals surface area contributed by atoms with E-state index in [1.807, 2.05) is 26.8 Å². The SMILES string of the molecule is Cc1cc(F)cc(C(C(C)C)C(O)CO)c1. The molecule has 1 aromatic carbocycles. The Morgan fingerprint density at radius 3 is 2.31 bits per heavy atom. The highest BCUT2D eigenvalue weighted by atomic mass is 19.1. The van der Waals surface area contributed by atoms with E-state index in [2.05, 4.69) is 0 Å². The molecule has 0 radical (unpaired) electrons. The van der Waals surface area contributed by atoms with Gasteiger partial charge in [0.1, 0.15) is 5.82 Å². The summed E-state index contributed by atoms with van der Waals surface area (Å²) in [6.45, 7) is 5.40. The van der Waals surface area contributed by atoms with Crippen molar-refractivity contribution < 1.29 is 14.6 Å². The van der Waals surface area contributed by atoms with Gasteiger partial charge < -0.3 is 10.2 Å². The van der Waals surface area contributed by atoms with Gasteiger partial charge >= 0.3 is 0 Å². The Morgan fingerprint density at radius 2 is 1.88 bits per heavy atom. The average Bonchev–Trinajstić information content (AvgIpc) is 2.15. The van der Waals surface area contributed by atoms with Crippen molar-refractivity contribution in [3.05, 3.63) is 35.1 Å². The molecule has 1 rings (SSSR count). The van der Waals surface area contributed by atoms with E-state index in [1.165, 1.54) is 12.1 Å². The molecule has 0 aliphatic rings. The van der Waals surface area contributed by atoms with Gasteiger partial charge in [0.05, 0.1) is 12.7 Å². The van der Waals surface area contributed by atoms with Crippen molar-refractivity contribution in [2.24, 2.45) is 5.92 Å². The molecule has 1 aromatic rings. The summed E-state index contributed by atoms with van der Waals surface area (Å²) < 4.78 is 13.3. The largest absolute Gasteiger partial charge is 0.394 e. The molecule has 2 N–H and O–H groups in total. The molecule has 0 saturated heterocycles. The smallest absolute Gasteiger partial charge is 0.123 e. The average molecular weight is 226 g/mol. The summed E-state index contributed by atoms with van der Waals surface area (Å²) in [5.41, 5.74) is 1.57. The maximum absolute atomic E-state index is 13.3. The van der Waals surface area contributed by atoms with Gasteiger partial charge in [0, 0.05) is 5.92 Å². The monoisotopic (exact) mass is 226 g/mol. The number of aryl methyl sites for hydroxylation is 1. The topological polar surface area (TPSA) is 40.5 Å². The highest BCUT2D eigenvalue weighted by Gasteiger charge is 2.24. The molecule has 0 saturated carbocycles.